The summed E-state index contributed by atoms with van der Waals surface area (Å²) < 4.78 is 10.9. The van der Waals surface area contributed by atoms with Crippen LogP contribution in [0, 0.1) is 0 Å². The zero-order valence-electron chi connectivity index (χ0n) is 11.6. The van der Waals surface area contributed by atoms with Crippen LogP contribution >= 0.6 is 0 Å². The number of nitrogens with one attached hydrogen (secondary N) is 1. The predicted molar refractivity (Wildman–Crippen MR) is 75.8 cm³/mol. The molecule has 2 aliphatic rings. The van der Waals surface area contributed by atoms with Gasteiger partial charge in [-0.3, -0.25) is 4.99 Å². The highest BCUT2D eigenvalue weighted by Gasteiger charge is 2.17. The van der Waals surface area contributed by atoms with E-state index in [2.05, 4.69) is 27.9 Å². The average molecular weight is 263 g/mol. The van der Waals surface area contributed by atoms with Crippen molar-refractivity contribution < 1.29 is 9.47 Å². The molecular formula is C14H21N3O2. The van der Waals surface area contributed by atoms with Crippen LogP contribution in [0.25, 0.3) is 0 Å². The lowest BCUT2D eigenvalue weighted by atomic mass is 10.2. The number of morpholine rings is 1. The maximum atomic E-state index is 5.50. The van der Waals surface area contributed by atoms with Crippen LogP contribution in [-0.2, 0) is 9.47 Å². The summed E-state index contributed by atoms with van der Waals surface area (Å²) in [5, 5.41) is 3.40. The van der Waals surface area contributed by atoms with E-state index in [0.29, 0.717) is 18.2 Å². The second-order valence-electron chi connectivity index (χ2n) is 4.53. The average Bonchev–Trinajstić information content (AvgIpc) is 2.46. The van der Waals surface area contributed by atoms with Gasteiger partial charge in [0.2, 0.25) is 5.90 Å². The van der Waals surface area contributed by atoms with E-state index in [1.807, 2.05) is 13.0 Å². The first-order chi connectivity index (χ1) is 9.20. The molecule has 1 N–H and O–H groups in total. The highest BCUT2D eigenvalue weighted by molar-refractivity contribution is 5.95. The quantitative estimate of drug-likeness (QED) is 0.473. The normalized spacial score (nSPS) is 20.3. The van der Waals surface area contributed by atoms with E-state index < -0.39 is 0 Å². The van der Waals surface area contributed by atoms with Gasteiger partial charge in [0.1, 0.15) is 5.82 Å². The van der Waals surface area contributed by atoms with Crippen molar-refractivity contribution in [2.45, 2.75) is 6.92 Å². The zero-order valence-corrected chi connectivity index (χ0v) is 11.6. The van der Waals surface area contributed by atoms with E-state index in [-0.39, 0.29) is 0 Å². The van der Waals surface area contributed by atoms with Gasteiger partial charge in [0, 0.05) is 32.3 Å². The van der Waals surface area contributed by atoms with Crippen molar-refractivity contribution in [2.24, 2.45) is 4.99 Å². The molecule has 2 rings (SSSR count). The molecule has 0 spiro atoms. The molecule has 0 saturated carbocycles. The largest absolute Gasteiger partial charge is 0.444 e. The van der Waals surface area contributed by atoms with Crippen LogP contribution in [-0.4, -0.2) is 50.7 Å². The Morgan fingerprint density at radius 3 is 2.68 bits per heavy atom. The molecule has 0 aromatic carbocycles. The lowest BCUT2D eigenvalue weighted by Gasteiger charge is -2.32. The molecule has 104 valence electrons. The SMILES string of the molecule is C=C(C)O/C(=N\C)C1=CC=C(N2CCOCC2)NC1. The first-order valence-corrected chi connectivity index (χ1v) is 6.48. The molecule has 0 amide bonds. The summed E-state index contributed by atoms with van der Waals surface area (Å²) in [4.78, 5) is 6.44. The van der Waals surface area contributed by atoms with Crippen molar-refractivity contribution >= 4 is 5.90 Å². The molecule has 1 saturated heterocycles. The van der Waals surface area contributed by atoms with Gasteiger partial charge < -0.3 is 19.7 Å². The summed E-state index contributed by atoms with van der Waals surface area (Å²) in [6.45, 7) is 9.70. The smallest absolute Gasteiger partial charge is 0.218 e. The van der Waals surface area contributed by atoms with Crippen molar-refractivity contribution in [1.29, 1.82) is 0 Å². The fourth-order valence-electron chi connectivity index (χ4n) is 2.07. The molecule has 0 radical (unpaired) electrons. The highest BCUT2D eigenvalue weighted by atomic mass is 16.5. The summed E-state index contributed by atoms with van der Waals surface area (Å²) in [5.41, 5.74) is 1.03. The highest BCUT2D eigenvalue weighted by Crippen LogP contribution is 2.13. The van der Waals surface area contributed by atoms with Gasteiger partial charge in [-0.15, -0.1) is 0 Å². The van der Waals surface area contributed by atoms with Crippen LogP contribution in [0.15, 0.2) is 40.9 Å². The number of hydrogen-bond donors (Lipinski definition) is 1. The van der Waals surface area contributed by atoms with Gasteiger partial charge in [-0.05, 0) is 19.1 Å². The molecule has 19 heavy (non-hydrogen) atoms. The summed E-state index contributed by atoms with van der Waals surface area (Å²) in [7, 11) is 1.72. The maximum Gasteiger partial charge on any atom is 0.218 e. The zero-order chi connectivity index (χ0) is 13.7. The van der Waals surface area contributed by atoms with Crippen molar-refractivity contribution in [3.05, 3.63) is 35.9 Å². The molecule has 0 aromatic heterocycles. The Morgan fingerprint density at radius 1 is 1.42 bits per heavy atom. The minimum atomic E-state index is 0.622. The molecule has 0 aliphatic carbocycles. The van der Waals surface area contributed by atoms with Crippen LogP contribution in [0.3, 0.4) is 0 Å². The molecule has 0 aromatic rings. The van der Waals surface area contributed by atoms with Crippen LogP contribution in [0.1, 0.15) is 6.92 Å². The van der Waals surface area contributed by atoms with Crippen LogP contribution in [0.2, 0.25) is 0 Å². The van der Waals surface area contributed by atoms with E-state index in [1.165, 1.54) is 0 Å². The molecule has 5 nitrogen and oxygen atoms in total. The second-order valence-corrected chi connectivity index (χ2v) is 4.53. The molecule has 0 atom stereocenters. The van der Waals surface area contributed by atoms with Crippen LogP contribution in [0.5, 0.6) is 0 Å². The summed E-state index contributed by atoms with van der Waals surface area (Å²) in [6, 6.07) is 0. The van der Waals surface area contributed by atoms with Gasteiger partial charge in [-0.1, -0.05) is 6.58 Å². The second kappa shape index (κ2) is 6.43. The Morgan fingerprint density at radius 2 is 2.16 bits per heavy atom. The van der Waals surface area contributed by atoms with Gasteiger partial charge >= 0.3 is 0 Å². The summed E-state index contributed by atoms with van der Waals surface area (Å²) in [6.07, 6.45) is 4.11. The molecule has 0 bridgehead atoms. The molecule has 2 aliphatic heterocycles. The lowest BCUT2D eigenvalue weighted by Crippen LogP contribution is -2.42. The van der Waals surface area contributed by atoms with Crippen LogP contribution in [0.4, 0.5) is 0 Å². The van der Waals surface area contributed by atoms with Crippen molar-refractivity contribution in [1.82, 2.24) is 10.2 Å². The molecule has 5 heteroatoms. The molecular weight excluding hydrogens is 242 g/mol. The van der Waals surface area contributed by atoms with Gasteiger partial charge in [0.15, 0.2) is 0 Å². The van der Waals surface area contributed by atoms with Crippen LogP contribution < -0.4 is 5.32 Å². The Kier molecular flexibility index (Phi) is 4.63. The number of aliphatic imine (C=N–C) groups is 1. The van der Waals surface area contributed by atoms with Crippen molar-refractivity contribution in [2.75, 3.05) is 39.9 Å². The predicted octanol–water partition coefficient (Wildman–Crippen LogP) is 1.27. The number of hydrogen-bond acceptors (Lipinski definition) is 5. The van der Waals surface area contributed by atoms with Gasteiger partial charge in [-0.2, -0.15) is 0 Å². The van der Waals surface area contributed by atoms with Crippen molar-refractivity contribution in [3.63, 3.8) is 0 Å². The number of rotatable bonds is 3. The minimum absolute atomic E-state index is 0.622. The minimum Gasteiger partial charge on any atom is -0.444 e. The van der Waals surface area contributed by atoms with E-state index in [4.69, 9.17) is 9.47 Å². The molecule has 0 unspecified atom stereocenters. The fraction of sp³-hybridized carbons (Fsp3) is 0.500. The van der Waals surface area contributed by atoms with E-state index in [9.17, 15) is 0 Å². The standard InChI is InChI=1S/C14H21N3O2/c1-11(2)19-14(15-3)12-4-5-13(16-10-12)17-6-8-18-9-7-17/h4-5,16H,1,6-10H2,2-3H3/b15-14-. The number of allylic oxidation sites excluding steroid dienone is 3. The molecule has 1 fully saturated rings. The first kappa shape index (κ1) is 13.7. The summed E-state index contributed by atoms with van der Waals surface area (Å²) in [5.74, 6) is 2.40. The number of nitrogens with zero attached hydrogens (tertiary/aromatic N) is 2. The molecule has 2 heterocycles. The monoisotopic (exact) mass is 263 g/mol. The number of dihydropyridines is 1. The third-order valence-electron chi connectivity index (χ3n) is 3.00. The number of ether oxygens (including phenoxy) is 2. The Hall–Kier alpha value is -1.75. The van der Waals surface area contributed by atoms with Gasteiger partial charge in [-0.25, -0.2) is 0 Å². The van der Waals surface area contributed by atoms with Gasteiger partial charge in [0.25, 0.3) is 0 Å². The third kappa shape index (κ3) is 3.61. The maximum absolute atomic E-state index is 5.50. The topological polar surface area (TPSA) is 46.1 Å². The Labute approximate surface area is 114 Å². The lowest BCUT2D eigenvalue weighted by molar-refractivity contribution is 0.0504. The third-order valence-corrected chi connectivity index (χ3v) is 3.00. The Balaban J connectivity index is 2.04. The van der Waals surface area contributed by atoms with E-state index in [0.717, 1.165) is 37.7 Å². The fourth-order valence-corrected chi connectivity index (χ4v) is 2.07. The van der Waals surface area contributed by atoms with Crippen molar-refractivity contribution in [3.8, 4) is 0 Å². The van der Waals surface area contributed by atoms with E-state index >= 15 is 0 Å². The summed E-state index contributed by atoms with van der Waals surface area (Å²) >= 11 is 0. The first-order valence-electron chi connectivity index (χ1n) is 6.48. The van der Waals surface area contributed by atoms with Gasteiger partial charge in [0.05, 0.1) is 19.0 Å². The van der Waals surface area contributed by atoms with E-state index in [1.54, 1.807) is 7.05 Å². The Bertz CT molecular complexity index is 432.